The first-order valence-corrected chi connectivity index (χ1v) is 3.80. The summed E-state index contributed by atoms with van der Waals surface area (Å²) < 4.78 is 0.779. The molecule has 2 rings (SSSR count). The van der Waals surface area contributed by atoms with Crippen molar-refractivity contribution in [3.8, 4) is 0 Å². The summed E-state index contributed by atoms with van der Waals surface area (Å²) in [6, 6.07) is 4.75. The molecule has 0 saturated carbocycles. The second-order valence-electron chi connectivity index (χ2n) is 2.42. The number of hydrogen-bond acceptors (Lipinski definition) is 3. The third-order valence-corrected chi connectivity index (χ3v) is 1.82. The van der Waals surface area contributed by atoms with Gasteiger partial charge in [0.25, 0.3) is 0 Å². The third kappa shape index (κ3) is 1.23. The fourth-order valence-corrected chi connectivity index (χ4v) is 1.20. The van der Waals surface area contributed by atoms with E-state index in [2.05, 4.69) is 10.3 Å². The zero-order chi connectivity index (χ0) is 9.42. The number of rotatable bonds is 0. The Morgan fingerprint density at radius 2 is 2.31 bits per heavy atom. The molecule has 0 unspecified atom stereocenters. The van der Waals surface area contributed by atoms with Crippen LogP contribution in [0, 0.1) is 0 Å². The molecule has 1 N–H and O–H groups in total. The highest BCUT2D eigenvalue weighted by Gasteiger charge is 2.09. The van der Waals surface area contributed by atoms with E-state index in [4.69, 9.17) is 16.7 Å². The quantitative estimate of drug-likeness (QED) is 0.697. The van der Waals surface area contributed by atoms with Crippen LogP contribution in [0.3, 0.4) is 0 Å². The average Bonchev–Trinajstić information content (AvgIpc) is 2.46. The summed E-state index contributed by atoms with van der Waals surface area (Å²) in [6.45, 7) is 0. The molecule has 1 aromatic carbocycles. The molecule has 0 amide bonds. The van der Waals surface area contributed by atoms with Gasteiger partial charge < -0.3 is 5.11 Å². The van der Waals surface area contributed by atoms with E-state index in [1.165, 1.54) is 6.07 Å². The molecule has 0 aliphatic carbocycles. The van der Waals surface area contributed by atoms with Gasteiger partial charge in [-0.1, -0.05) is 16.8 Å². The highest BCUT2D eigenvalue weighted by Crippen LogP contribution is 2.16. The molecule has 1 heterocycles. The number of hydrogen-bond donors (Lipinski definition) is 1. The summed E-state index contributed by atoms with van der Waals surface area (Å²) in [5, 5.41) is 16.2. The minimum Gasteiger partial charge on any atom is -0.463 e. The van der Waals surface area contributed by atoms with E-state index < -0.39 is 6.09 Å². The van der Waals surface area contributed by atoms with Gasteiger partial charge in [-0.2, -0.15) is 0 Å². The van der Waals surface area contributed by atoms with Gasteiger partial charge in [0.05, 0.1) is 0 Å². The molecule has 0 spiro atoms. The SMILES string of the molecule is O=C(O)n1nnc2ccc(Cl)cc21. The summed E-state index contributed by atoms with van der Waals surface area (Å²) in [4.78, 5) is 10.6. The van der Waals surface area contributed by atoms with Gasteiger partial charge in [0.2, 0.25) is 0 Å². The number of carbonyl (C=O) groups is 1. The maximum absolute atomic E-state index is 10.6. The molecule has 6 heteroatoms. The van der Waals surface area contributed by atoms with Crippen LogP contribution in [0.1, 0.15) is 0 Å². The van der Waals surface area contributed by atoms with Crippen LogP contribution in [-0.2, 0) is 0 Å². The van der Waals surface area contributed by atoms with Crippen LogP contribution >= 0.6 is 11.6 Å². The lowest BCUT2D eigenvalue weighted by atomic mass is 10.3. The second-order valence-corrected chi connectivity index (χ2v) is 2.85. The van der Waals surface area contributed by atoms with Gasteiger partial charge in [-0.05, 0) is 18.2 Å². The van der Waals surface area contributed by atoms with E-state index in [0.29, 0.717) is 16.1 Å². The van der Waals surface area contributed by atoms with Crippen LogP contribution in [-0.4, -0.2) is 26.2 Å². The van der Waals surface area contributed by atoms with E-state index in [9.17, 15) is 4.79 Å². The lowest BCUT2D eigenvalue weighted by Gasteiger charge is -1.93. The van der Waals surface area contributed by atoms with Gasteiger partial charge in [-0.25, -0.2) is 4.79 Å². The molecular weight excluding hydrogens is 194 g/mol. The summed E-state index contributed by atoms with van der Waals surface area (Å²) in [6.07, 6.45) is -1.18. The maximum atomic E-state index is 10.6. The molecule has 0 aliphatic heterocycles. The number of carboxylic acid groups (broad SMARTS) is 1. The van der Waals surface area contributed by atoms with Crippen molar-refractivity contribution >= 4 is 28.7 Å². The molecular formula is C7H4ClN3O2. The van der Waals surface area contributed by atoms with Gasteiger partial charge in [-0.15, -0.1) is 9.78 Å². The van der Waals surface area contributed by atoms with E-state index in [-0.39, 0.29) is 0 Å². The molecule has 0 saturated heterocycles. The Labute approximate surface area is 77.5 Å². The Bertz CT molecular complexity index is 480. The number of halogens is 1. The zero-order valence-electron chi connectivity index (χ0n) is 6.31. The molecule has 2 aromatic rings. The van der Waals surface area contributed by atoms with Crippen molar-refractivity contribution in [3.63, 3.8) is 0 Å². The lowest BCUT2D eigenvalue weighted by molar-refractivity contribution is 0.193. The zero-order valence-corrected chi connectivity index (χ0v) is 7.06. The first-order valence-electron chi connectivity index (χ1n) is 3.43. The number of benzene rings is 1. The number of aromatic nitrogens is 3. The predicted octanol–water partition coefficient (Wildman–Crippen LogP) is 1.61. The fourth-order valence-electron chi connectivity index (χ4n) is 1.03. The van der Waals surface area contributed by atoms with Crippen molar-refractivity contribution in [2.24, 2.45) is 0 Å². The highest BCUT2D eigenvalue weighted by atomic mass is 35.5. The van der Waals surface area contributed by atoms with E-state index >= 15 is 0 Å². The Morgan fingerprint density at radius 1 is 1.54 bits per heavy atom. The molecule has 1 aromatic heterocycles. The molecule has 0 radical (unpaired) electrons. The van der Waals surface area contributed by atoms with E-state index in [1.54, 1.807) is 12.1 Å². The highest BCUT2D eigenvalue weighted by molar-refractivity contribution is 6.31. The van der Waals surface area contributed by atoms with Gasteiger partial charge in [0, 0.05) is 5.02 Å². The van der Waals surface area contributed by atoms with Crippen LogP contribution in [0.15, 0.2) is 18.2 Å². The van der Waals surface area contributed by atoms with E-state index in [1.807, 2.05) is 0 Å². The Balaban J connectivity index is 2.79. The fraction of sp³-hybridized carbons (Fsp3) is 0. The molecule has 0 fully saturated rings. The van der Waals surface area contributed by atoms with Crippen LogP contribution in [0.4, 0.5) is 4.79 Å². The van der Waals surface area contributed by atoms with Crippen LogP contribution < -0.4 is 0 Å². The van der Waals surface area contributed by atoms with Crippen molar-refractivity contribution < 1.29 is 9.90 Å². The predicted molar refractivity (Wildman–Crippen MR) is 46.0 cm³/mol. The molecule has 5 nitrogen and oxygen atoms in total. The largest absolute Gasteiger partial charge is 0.463 e. The van der Waals surface area contributed by atoms with Crippen molar-refractivity contribution in [2.45, 2.75) is 0 Å². The van der Waals surface area contributed by atoms with Crippen molar-refractivity contribution in [3.05, 3.63) is 23.2 Å². The smallest absolute Gasteiger partial charge is 0.434 e. The van der Waals surface area contributed by atoms with Crippen molar-refractivity contribution in [1.29, 1.82) is 0 Å². The normalized spacial score (nSPS) is 10.5. The minimum absolute atomic E-state index is 0.389. The maximum Gasteiger partial charge on any atom is 0.434 e. The Kier molecular flexibility index (Phi) is 1.66. The summed E-state index contributed by atoms with van der Waals surface area (Å²) in [5.74, 6) is 0. The molecule has 66 valence electrons. The lowest BCUT2D eigenvalue weighted by Crippen LogP contribution is -2.09. The topological polar surface area (TPSA) is 68.0 Å². The number of fused-ring (bicyclic) bond motifs is 1. The van der Waals surface area contributed by atoms with Crippen LogP contribution in [0.5, 0.6) is 0 Å². The molecule has 0 atom stereocenters. The van der Waals surface area contributed by atoms with Crippen LogP contribution in [0.25, 0.3) is 11.0 Å². The van der Waals surface area contributed by atoms with Gasteiger partial charge in [0.1, 0.15) is 11.0 Å². The monoisotopic (exact) mass is 197 g/mol. The first kappa shape index (κ1) is 8.00. The molecule has 13 heavy (non-hydrogen) atoms. The Hall–Kier alpha value is -1.62. The Morgan fingerprint density at radius 3 is 3.00 bits per heavy atom. The van der Waals surface area contributed by atoms with Crippen LogP contribution in [0.2, 0.25) is 5.02 Å². The average molecular weight is 198 g/mol. The minimum atomic E-state index is -1.18. The third-order valence-electron chi connectivity index (χ3n) is 1.59. The standard InChI is InChI=1S/C7H4ClN3O2/c8-4-1-2-5-6(3-4)11(7(12)13)10-9-5/h1-3H,(H,12,13). The summed E-state index contributed by atoms with van der Waals surface area (Å²) in [7, 11) is 0. The van der Waals surface area contributed by atoms with Crippen molar-refractivity contribution in [1.82, 2.24) is 15.0 Å². The second kappa shape index (κ2) is 2.70. The number of nitrogens with zero attached hydrogens (tertiary/aromatic N) is 3. The van der Waals surface area contributed by atoms with E-state index in [0.717, 1.165) is 4.68 Å². The first-order chi connectivity index (χ1) is 6.18. The van der Waals surface area contributed by atoms with Gasteiger partial charge >= 0.3 is 6.09 Å². The van der Waals surface area contributed by atoms with Gasteiger partial charge in [0.15, 0.2) is 0 Å². The molecule has 0 bridgehead atoms. The summed E-state index contributed by atoms with van der Waals surface area (Å²) >= 11 is 5.69. The summed E-state index contributed by atoms with van der Waals surface area (Å²) in [5.41, 5.74) is 0.895. The van der Waals surface area contributed by atoms with Gasteiger partial charge in [-0.3, -0.25) is 0 Å². The van der Waals surface area contributed by atoms with Crippen molar-refractivity contribution in [2.75, 3.05) is 0 Å². The molecule has 0 aliphatic rings.